The number of aryl methyl sites for hydroxylation is 1. The molecule has 1 aromatic carbocycles. The molecule has 0 saturated carbocycles. The number of pyridine rings is 1. The summed E-state index contributed by atoms with van der Waals surface area (Å²) in [6.07, 6.45) is 2.14. The van der Waals surface area contributed by atoms with Crippen LogP contribution in [0.2, 0.25) is 0 Å². The van der Waals surface area contributed by atoms with Gasteiger partial charge in [0.25, 0.3) is 0 Å². The van der Waals surface area contributed by atoms with E-state index in [-0.39, 0.29) is 0 Å². The minimum absolute atomic E-state index is 0.639. The van der Waals surface area contributed by atoms with Gasteiger partial charge in [0.15, 0.2) is 0 Å². The van der Waals surface area contributed by atoms with Gasteiger partial charge in [-0.25, -0.2) is 0 Å². The summed E-state index contributed by atoms with van der Waals surface area (Å²) < 4.78 is 0. The van der Waals surface area contributed by atoms with Crippen LogP contribution in [0.1, 0.15) is 12.6 Å². The van der Waals surface area contributed by atoms with E-state index >= 15 is 0 Å². The molecule has 1 aromatic heterocycles. The van der Waals surface area contributed by atoms with E-state index < -0.39 is 0 Å². The van der Waals surface area contributed by atoms with Gasteiger partial charge in [0.05, 0.1) is 5.52 Å². The Bertz CT molecular complexity index is 569. The highest BCUT2D eigenvalue weighted by Crippen LogP contribution is 2.25. The lowest BCUT2D eigenvalue weighted by molar-refractivity contribution is 0.702. The molecule has 1 unspecified atom stereocenters. The van der Waals surface area contributed by atoms with Crippen LogP contribution >= 0.6 is 11.8 Å². The molecule has 0 fully saturated rings. The van der Waals surface area contributed by atoms with Gasteiger partial charge in [0, 0.05) is 29.0 Å². The molecular formula is C15H21N3S. The van der Waals surface area contributed by atoms with Crippen LogP contribution in [0.5, 0.6) is 0 Å². The predicted molar refractivity (Wildman–Crippen MR) is 86.9 cm³/mol. The first-order chi connectivity index (χ1) is 9.10. The smallest absolute Gasteiger partial charge is 0.0727 e. The molecule has 0 aliphatic carbocycles. The molecule has 0 spiro atoms. The van der Waals surface area contributed by atoms with Gasteiger partial charge in [-0.3, -0.25) is 4.98 Å². The van der Waals surface area contributed by atoms with Crippen molar-refractivity contribution in [3.8, 4) is 0 Å². The molecule has 0 bridgehead atoms. The number of hydrogen-bond donors (Lipinski definition) is 2. The summed E-state index contributed by atoms with van der Waals surface area (Å²) >= 11 is 1.88. The number of hydrogen-bond acceptors (Lipinski definition) is 4. The van der Waals surface area contributed by atoms with E-state index in [0.29, 0.717) is 5.92 Å². The molecule has 3 nitrogen and oxygen atoms in total. The molecule has 2 aromatic rings. The summed E-state index contributed by atoms with van der Waals surface area (Å²) in [6.45, 7) is 5.24. The van der Waals surface area contributed by atoms with Crippen molar-refractivity contribution >= 4 is 34.0 Å². The number of thioether (sulfide) groups is 1. The zero-order chi connectivity index (χ0) is 13.8. The second-order valence-electron chi connectivity index (χ2n) is 5.03. The van der Waals surface area contributed by atoms with Crippen LogP contribution in [0.25, 0.3) is 10.9 Å². The Balaban J connectivity index is 2.28. The highest BCUT2D eigenvalue weighted by atomic mass is 32.2. The van der Waals surface area contributed by atoms with Crippen molar-refractivity contribution in [1.82, 2.24) is 4.98 Å². The molecule has 4 heteroatoms. The van der Waals surface area contributed by atoms with Crippen LogP contribution in [0, 0.1) is 12.8 Å². The lowest BCUT2D eigenvalue weighted by Gasteiger charge is -2.15. The van der Waals surface area contributed by atoms with E-state index in [1.54, 1.807) is 0 Å². The van der Waals surface area contributed by atoms with Gasteiger partial charge in [-0.15, -0.1) is 0 Å². The standard InChI is InChI=1S/C15H21N3S/c1-10(9-19-3)8-17-15-6-11(2)18-14-5-4-12(16)7-13(14)15/h4-7,10H,8-9,16H2,1-3H3,(H,17,18). The molecule has 0 saturated heterocycles. The first-order valence-corrected chi connectivity index (χ1v) is 7.89. The van der Waals surface area contributed by atoms with Crippen molar-refractivity contribution in [2.75, 3.05) is 29.6 Å². The van der Waals surface area contributed by atoms with Gasteiger partial charge in [0.2, 0.25) is 0 Å². The minimum Gasteiger partial charge on any atom is -0.399 e. The summed E-state index contributed by atoms with van der Waals surface area (Å²) in [6, 6.07) is 7.96. The molecule has 1 heterocycles. The minimum atomic E-state index is 0.639. The molecule has 102 valence electrons. The second kappa shape index (κ2) is 6.15. The first-order valence-electron chi connectivity index (χ1n) is 6.50. The summed E-state index contributed by atoms with van der Waals surface area (Å²) in [5.74, 6) is 1.80. The number of fused-ring (bicyclic) bond motifs is 1. The fraction of sp³-hybridized carbons (Fsp3) is 0.400. The number of aromatic nitrogens is 1. The van der Waals surface area contributed by atoms with Crippen LogP contribution in [0.15, 0.2) is 24.3 Å². The molecule has 0 amide bonds. The molecule has 0 aliphatic rings. The van der Waals surface area contributed by atoms with Crippen molar-refractivity contribution < 1.29 is 0 Å². The largest absolute Gasteiger partial charge is 0.399 e. The quantitative estimate of drug-likeness (QED) is 0.820. The van der Waals surface area contributed by atoms with Crippen molar-refractivity contribution in [2.45, 2.75) is 13.8 Å². The Labute approximate surface area is 119 Å². The van der Waals surface area contributed by atoms with E-state index in [4.69, 9.17) is 5.73 Å². The average molecular weight is 275 g/mol. The predicted octanol–water partition coefficient (Wildman–Crippen LogP) is 3.54. The molecule has 2 rings (SSSR count). The van der Waals surface area contributed by atoms with Crippen molar-refractivity contribution in [3.05, 3.63) is 30.0 Å². The summed E-state index contributed by atoms with van der Waals surface area (Å²) in [5.41, 5.74) is 9.80. The summed E-state index contributed by atoms with van der Waals surface area (Å²) in [4.78, 5) is 4.54. The van der Waals surface area contributed by atoms with Gasteiger partial charge in [0.1, 0.15) is 0 Å². The number of nitrogens with zero attached hydrogens (tertiary/aromatic N) is 1. The van der Waals surface area contributed by atoms with Gasteiger partial charge < -0.3 is 11.1 Å². The van der Waals surface area contributed by atoms with Gasteiger partial charge in [-0.05, 0) is 49.1 Å². The van der Waals surface area contributed by atoms with E-state index in [9.17, 15) is 0 Å². The normalized spacial score (nSPS) is 12.6. The van der Waals surface area contributed by atoms with Gasteiger partial charge in [-0.2, -0.15) is 11.8 Å². The number of benzene rings is 1. The SMILES string of the molecule is CSCC(C)CNc1cc(C)nc2ccc(N)cc12. The van der Waals surface area contributed by atoms with Crippen molar-refractivity contribution in [1.29, 1.82) is 0 Å². The number of nitrogens with two attached hydrogens (primary N) is 1. The average Bonchev–Trinajstić information content (AvgIpc) is 2.37. The van der Waals surface area contributed by atoms with Crippen LogP contribution in [0.4, 0.5) is 11.4 Å². The number of nitrogen functional groups attached to an aromatic ring is 1. The maximum absolute atomic E-state index is 5.88. The molecule has 3 N–H and O–H groups in total. The number of nitrogens with one attached hydrogen (secondary N) is 1. The number of anilines is 2. The lowest BCUT2D eigenvalue weighted by atomic mass is 10.1. The Morgan fingerprint density at radius 1 is 1.37 bits per heavy atom. The third-order valence-corrected chi connectivity index (χ3v) is 3.96. The zero-order valence-corrected chi connectivity index (χ0v) is 12.6. The van der Waals surface area contributed by atoms with Crippen LogP contribution in [-0.2, 0) is 0 Å². The molecule has 19 heavy (non-hydrogen) atoms. The van der Waals surface area contributed by atoms with E-state index in [2.05, 4.69) is 29.5 Å². The highest BCUT2D eigenvalue weighted by molar-refractivity contribution is 7.98. The third-order valence-electron chi connectivity index (χ3n) is 3.05. The zero-order valence-electron chi connectivity index (χ0n) is 11.7. The van der Waals surface area contributed by atoms with Gasteiger partial charge >= 0.3 is 0 Å². The van der Waals surface area contributed by atoms with E-state index in [1.165, 1.54) is 0 Å². The highest BCUT2D eigenvalue weighted by Gasteiger charge is 2.06. The lowest BCUT2D eigenvalue weighted by Crippen LogP contribution is -2.13. The molecule has 1 atom stereocenters. The Morgan fingerprint density at radius 3 is 2.89 bits per heavy atom. The molecular weight excluding hydrogens is 254 g/mol. The maximum atomic E-state index is 5.88. The Kier molecular flexibility index (Phi) is 4.53. The second-order valence-corrected chi connectivity index (χ2v) is 5.94. The van der Waals surface area contributed by atoms with E-state index in [1.807, 2.05) is 36.9 Å². The topological polar surface area (TPSA) is 50.9 Å². The van der Waals surface area contributed by atoms with Crippen LogP contribution in [-0.4, -0.2) is 23.5 Å². The summed E-state index contributed by atoms with van der Waals surface area (Å²) in [7, 11) is 0. The van der Waals surface area contributed by atoms with Crippen molar-refractivity contribution in [2.24, 2.45) is 5.92 Å². The molecule has 0 radical (unpaired) electrons. The Morgan fingerprint density at radius 2 is 2.16 bits per heavy atom. The van der Waals surface area contributed by atoms with Crippen LogP contribution < -0.4 is 11.1 Å². The summed E-state index contributed by atoms with van der Waals surface area (Å²) in [5, 5.41) is 4.63. The fourth-order valence-electron chi connectivity index (χ4n) is 2.15. The molecule has 0 aliphatic heterocycles. The maximum Gasteiger partial charge on any atom is 0.0727 e. The Hall–Kier alpha value is -1.42. The van der Waals surface area contributed by atoms with Crippen LogP contribution in [0.3, 0.4) is 0 Å². The fourth-order valence-corrected chi connectivity index (χ4v) is 2.84. The third kappa shape index (κ3) is 3.53. The number of rotatable bonds is 5. The first kappa shape index (κ1) is 14.0. The monoisotopic (exact) mass is 275 g/mol. The van der Waals surface area contributed by atoms with Gasteiger partial charge in [-0.1, -0.05) is 6.92 Å². The van der Waals surface area contributed by atoms with E-state index in [0.717, 1.165) is 40.3 Å². The van der Waals surface area contributed by atoms with Crippen molar-refractivity contribution in [3.63, 3.8) is 0 Å².